The smallest absolute Gasteiger partial charge is 0.0543 e. The molecule has 0 radical (unpaired) electrons. The number of benzene rings is 1. The van der Waals surface area contributed by atoms with Gasteiger partial charge in [0, 0.05) is 6.04 Å². The van der Waals surface area contributed by atoms with Gasteiger partial charge in [-0.3, -0.25) is 0 Å². The molecule has 0 amide bonds. The van der Waals surface area contributed by atoms with Gasteiger partial charge in [0.2, 0.25) is 0 Å². The summed E-state index contributed by atoms with van der Waals surface area (Å²) in [5, 5.41) is 13.1. The fourth-order valence-corrected chi connectivity index (χ4v) is 2.73. The van der Waals surface area contributed by atoms with Gasteiger partial charge in [0.15, 0.2) is 0 Å². The molecular formula is C16H25NO. The Morgan fingerprint density at radius 2 is 2.06 bits per heavy atom. The van der Waals surface area contributed by atoms with E-state index in [4.69, 9.17) is 0 Å². The maximum atomic E-state index is 9.52. The van der Waals surface area contributed by atoms with Gasteiger partial charge in [0.25, 0.3) is 0 Å². The Kier molecular flexibility index (Phi) is 4.41. The summed E-state index contributed by atoms with van der Waals surface area (Å²) in [6.07, 6.45) is 3.04. The van der Waals surface area contributed by atoms with Crippen molar-refractivity contribution in [2.45, 2.75) is 52.2 Å². The van der Waals surface area contributed by atoms with Crippen molar-refractivity contribution < 1.29 is 5.11 Å². The molecule has 0 aliphatic heterocycles. The van der Waals surface area contributed by atoms with Crippen molar-refractivity contribution in [3.8, 4) is 0 Å². The predicted octanol–water partition coefficient (Wildman–Crippen LogP) is 3.12. The second kappa shape index (κ2) is 5.85. The summed E-state index contributed by atoms with van der Waals surface area (Å²) in [5.41, 5.74) is 4.07. The van der Waals surface area contributed by atoms with Crippen LogP contribution in [0.5, 0.6) is 0 Å². The molecule has 3 unspecified atom stereocenters. The Hall–Kier alpha value is -0.860. The van der Waals surface area contributed by atoms with Crippen molar-refractivity contribution in [2.24, 2.45) is 5.92 Å². The summed E-state index contributed by atoms with van der Waals surface area (Å²) in [6.45, 7) is 7.55. The van der Waals surface area contributed by atoms with E-state index < -0.39 is 0 Å². The van der Waals surface area contributed by atoms with Crippen molar-refractivity contribution in [1.82, 2.24) is 5.32 Å². The van der Waals surface area contributed by atoms with E-state index in [2.05, 4.69) is 44.3 Å². The summed E-state index contributed by atoms with van der Waals surface area (Å²) in [4.78, 5) is 0. The fraction of sp³-hybridized carbons (Fsp3) is 0.625. The summed E-state index contributed by atoms with van der Waals surface area (Å²) in [7, 11) is 0. The van der Waals surface area contributed by atoms with E-state index in [0.717, 1.165) is 25.8 Å². The number of aryl methyl sites for hydroxylation is 2. The van der Waals surface area contributed by atoms with Gasteiger partial charge in [0.05, 0.1) is 6.10 Å². The van der Waals surface area contributed by atoms with Crippen LogP contribution in [-0.4, -0.2) is 17.8 Å². The van der Waals surface area contributed by atoms with Crippen LogP contribution in [0.15, 0.2) is 18.2 Å². The number of nitrogens with one attached hydrogen (secondary N) is 1. The molecule has 2 heteroatoms. The van der Waals surface area contributed by atoms with Crippen LogP contribution in [-0.2, 0) is 0 Å². The molecule has 0 spiro atoms. The van der Waals surface area contributed by atoms with E-state index in [1.807, 2.05) is 0 Å². The first kappa shape index (κ1) is 13.6. The average molecular weight is 247 g/mol. The summed E-state index contributed by atoms with van der Waals surface area (Å²) in [5.74, 6) is 0.647. The Bertz CT molecular complexity index is 402. The number of hydrogen-bond acceptors (Lipinski definition) is 2. The van der Waals surface area contributed by atoms with Gasteiger partial charge in [-0.1, -0.05) is 18.2 Å². The molecule has 1 aliphatic carbocycles. The first-order valence-corrected chi connectivity index (χ1v) is 7.05. The fourth-order valence-electron chi connectivity index (χ4n) is 2.73. The molecule has 1 saturated carbocycles. The predicted molar refractivity (Wildman–Crippen MR) is 75.7 cm³/mol. The zero-order valence-corrected chi connectivity index (χ0v) is 11.7. The molecule has 100 valence electrons. The molecule has 0 saturated heterocycles. The van der Waals surface area contributed by atoms with E-state index in [9.17, 15) is 5.11 Å². The lowest BCUT2D eigenvalue weighted by atomic mass is 10.0. The van der Waals surface area contributed by atoms with Gasteiger partial charge in [-0.15, -0.1) is 0 Å². The van der Waals surface area contributed by atoms with Crippen molar-refractivity contribution in [3.63, 3.8) is 0 Å². The van der Waals surface area contributed by atoms with Crippen LogP contribution >= 0.6 is 0 Å². The Labute approximate surface area is 110 Å². The molecule has 0 heterocycles. The molecule has 2 rings (SSSR count). The highest BCUT2D eigenvalue weighted by Crippen LogP contribution is 2.25. The van der Waals surface area contributed by atoms with Crippen LogP contribution in [0.2, 0.25) is 0 Å². The van der Waals surface area contributed by atoms with Crippen LogP contribution < -0.4 is 5.32 Å². The molecule has 1 aromatic carbocycles. The number of hydrogen-bond donors (Lipinski definition) is 2. The SMILES string of the molecule is Cc1ccc(C(C)NCC2CCC(O)C2)cc1C. The maximum absolute atomic E-state index is 9.52. The van der Waals surface area contributed by atoms with Crippen LogP contribution in [0.3, 0.4) is 0 Å². The Morgan fingerprint density at radius 3 is 2.67 bits per heavy atom. The number of aliphatic hydroxyl groups excluding tert-OH is 1. The maximum Gasteiger partial charge on any atom is 0.0543 e. The molecular weight excluding hydrogens is 222 g/mol. The molecule has 1 aliphatic rings. The van der Waals surface area contributed by atoms with Gasteiger partial charge >= 0.3 is 0 Å². The lowest BCUT2D eigenvalue weighted by Gasteiger charge is -2.18. The standard InChI is InChI=1S/C16H25NO/c1-11-4-6-15(8-12(11)2)13(3)17-10-14-5-7-16(18)9-14/h4,6,8,13-14,16-18H,5,7,9-10H2,1-3H3. The lowest BCUT2D eigenvalue weighted by Crippen LogP contribution is -2.25. The zero-order valence-electron chi connectivity index (χ0n) is 11.7. The van der Waals surface area contributed by atoms with E-state index >= 15 is 0 Å². The van der Waals surface area contributed by atoms with E-state index in [1.54, 1.807) is 0 Å². The van der Waals surface area contributed by atoms with Crippen molar-refractivity contribution in [1.29, 1.82) is 0 Å². The third kappa shape index (κ3) is 3.33. The largest absolute Gasteiger partial charge is 0.393 e. The van der Waals surface area contributed by atoms with Gasteiger partial charge in [-0.2, -0.15) is 0 Å². The molecule has 1 fully saturated rings. The van der Waals surface area contributed by atoms with Gasteiger partial charge in [-0.25, -0.2) is 0 Å². The quantitative estimate of drug-likeness (QED) is 0.857. The van der Waals surface area contributed by atoms with Crippen LogP contribution in [0.4, 0.5) is 0 Å². The minimum absolute atomic E-state index is 0.0614. The van der Waals surface area contributed by atoms with Gasteiger partial charge in [-0.05, 0) is 69.2 Å². The Morgan fingerprint density at radius 1 is 1.28 bits per heavy atom. The molecule has 0 bridgehead atoms. The van der Waals surface area contributed by atoms with Crippen LogP contribution in [0.1, 0.15) is 48.9 Å². The Balaban J connectivity index is 1.87. The van der Waals surface area contributed by atoms with Crippen molar-refractivity contribution in [2.75, 3.05) is 6.54 Å². The number of aliphatic hydroxyl groups is 1. The summed E-state index contributed by atoms with van der Waals surface area (Å²) >= 11 is 0. The van der Waals surface area contributed by atoms with Crippen molar-refractivity contribution in [3.05, 3.63) is 34.9 Å². The molecule has 1 aromatic rings. The topological polar surface area (TPSA) is 32.3 Å². The van der Waals surface area contributed by atoms with Gasteiger partial charge < -0.3 is 10.4 Å². The third-order valence-corrected chi connectivity index (χ3v) is 4.26. The molecule has 2 N–H and O–H groups in total. The highest BCUT2D eigenvalue weighted by molar-refractivity contribution is 5.31. The van der Waals surface area contributed by atoms with Crippen LogP contribution in [0, 0.1) is 19.8 Å². The molecule has 0 aromatic heterocycles. The normalized spacial score (nSPS) is 25.3. The second-order valence-corrected chi connectivity index (χ2v) is 5.81. The van der Waals surface area contributed by atoms with Crippen LogP contribution in [0.25, 0.3) is 0 Å². The zero-order chi connectivity index (χ0) is 13.1. The van der Waals surface area contributed by atoms with Gasteiger partial charge in [0.1, 0.15) is 0 Å². The first-order valence-electron chi connectivity index (χ1n) is 7.05. The summed E-state index contributed by atoms with van der Waals surface area (Å²) in [6, 6.07) is 7.07. The van der Waals surface area contributed by atoms with E-state index in [-0.39, 0.29) is 6.10 Å². The average Bonchev–Trinajstić information content (AvgIpc) is 2.75. The highest BCUT2D eigenvalue weighted by Gasteiger charge is 2.22. The second-order valence-electron chi connectivity index (χ2n) is 5.81. The van der Waals surface area contributed by atoms with Crippen molar-refractivity contribution >= 4 is 0 Å². The first-order chi connectivity index (χ1) is 8.56. The third-order valence-electron chi connectivity index (χ3n) is 4.26. The van der Waals surface area contributed by atoms with E-state index in [0.29, 0.717) is 12.0 Å². The monoisotopic (exact) mass is 247 g/mol. The molecule has 18 heavy (non-hydrogen) atoms. The summed E-state index contributed by atoms with van der Waals surface area (Å²) < 4.78 is 0. The molecule has 2 nitrogen and oxygen atoms in total. The minimum Gasteiger partial charge on any atom is -0.393 e. The highest BCUT2D eigenvalue weighted by atomic mass is 16.3. The van der Waals surface area contributed by atoms with E-state index in [1.165, 1.54) is 16.7 Å². The number of rotatable bonds is 4. The minimum atomic E-state index is -0.0614. The lowest BCUT2D eigenvalue weighted by molar-refractivity contribution is 0.177. The molecule has 3 atom stereocenters.